The molecule has 0 fully saturated rings. The van der Waals surface area contributed by atoms with Crippen molar-refractivity contribution in [1.82, 2.24) is 10.3 Å². The average Bonchev–Trinajstić information content (AvgIpc) is 2.86. The van der Waals surface area contributed by atoms with Crippen LogP contribution in [-0.2, 0) is 11.2 Å². The van der Waals surface area contributed by atoms with Crippen molar-refractivity contribution in [3.8, 4) is 11.3 Å². The van der Waals surface area contributed by atoms with Gasteiger partial charge in [-0.05, 0) is 48.6 Å². The fourth-order valence-electron chi connectivity index (χ4n) is 3.27. The molecule has 23 heavy (non-hydrogen) atoms. The first-order chi connectivity index (χ1) is 11.1. The summed E-state index contributed by atoms with van der Waals surface area (Å²) in [6.45, 7) is 6.48. The van der Waals surface area contributed by atoms with E-state index < -0.39 is 0 Å². The Hall–Kier alpha value is -2.55. The van der Waals surface area contributed by atoms with Crippen molar-refractivity contribution in [3.63, 3.8) is 0 Å². The van der Waals surface area contributed by atoms with Gasteiger partial charge in [-0.1, -0.05) is 36.4 Å². The minimum atomic E-state index is 0.0127. The van der Waals surface area contributed by atoms with Crippen LogP contribution in [0.4, 0.5) is 0 Å². The van der Waals surface area contributed by atoms with E-state index >= 15 is 0 Å². The van der Waals surface area contributed by atoms with Crippen molar-refractivity contribution in [2.45, 2.75) is 27.2 Å². The zero-order chi connectivity index (χ0) is 16.4. The first-order valence-electron chi connectivity index (χ1n) is 7.98. The molecule has 1 heterocycles. The number of aromatic amines is 1. The van der Waals surface area contributed by atoms with Crippen LogP contribution in [0.25, 0.3) is 22.2 Å². The molecule has 3 rings (SSSR count). The topological polar surface area (TPSA) is 44.9 Å². The Morgan fingerprint density at radius 2 is 1.87 bits per heavy atom. The number of hydrogen-bond acceptors (Lipinski definition) is 1. The van der Waals surface area contributed by atoms with Crippen LogP contribution >= 0.6 is 0 Å². The van der Waals surface area contributed by atoms with Crippen molar-refractivity contribution in [2.75, 3.05) is 6.54 Å². The Morgan fingerprint density at radius 1 is 1.13 bits per heavy atom. The van der Waals surface area contributed by atoms with E-state index in [4.69, 9.17) is 0 Å². The van der Waals surface area contributed by atoms with E-state index in [1.54, 1.807) is 6.92 Å². The lowest BCUT2D eigenvalue weighted by molar-refractivity contribution is -0.118. The second kappa shape index (κ2) is 6.29. The molecule has 3 heteroatoms. The number of benzene rings is 2. The lowest BCUT2D eigenvalue weighted by Gasteiger charge is -2.07. The summed E-state index contributed by atoms with van der Waals surface area (Å²) in [7, 11) is 0. The maximum absolute atomic E-state index is 11.2. The van der Waals surface area contributed by atoms with Gasteiger partial charge in [0.1, 0.15) is 0 Å². The van der Waals surface area contributed by atoms with Crippen LogP contribution in [0.2, 0.25) is 0 Å². The summed E-state index contributed by atoms with van der Waals surface area (Å²) >= 11 is 0. The Morgan fingerprint density at radius 3 is 2.57 bits per heavy atom. The molecule has 3 nitrogen and oxygen atoms in total. The molecule has 0 aliphatic carbocycles. The standard InChI is InChI=1S/C20H22N2O/c1-13-11-14(2)19-17(9-10-21-15(3)23)20(22-18(19)12-13)16-7-5-4-6-8-16/h4-8,11-12,22H,9-10H2,1-3H3,(H,21,23). The highest BCUT2D eigenvalue weighted by Crippen LogP contribution is 2.33. The van der Waals surface area contributed by atoms with Gasteiger partial charge in [-0.2, -0.15) is 0 Å². The number of nitrogens with one attached hydrogen (secondary N) is 2. The molecule has 0 spiro atoms. The molecule has 0 atom stereocenters. The van der Waals surface area contributed by atoms with E-state index in [1.165, 1.54) is 33.2 Å². The predicted molar refractivity (Wildman–Crippen MR) is 95.6 cm³/mol. The first kappa shape index (κ1) is 15.3. The number of carbonyl (C=O) groups excluding carboxylic acids is 1. The molecule has 2 aromatic carbocycles. The van der Waals surface area contributed by atoms with Gasteiger partial charge in [0.2, 0.25) is 5.91 Å². The lowest BCUT2D eigenvalue weighted by atomic mass is 9.99. The summed E-state index contributed by atoms with van der Waals surface area (Å²) in [5.41, 5.74) is 7.30. The monoisotopic (exact) mass is 306 g/mol. The number of fused-ring (bicyclic) bond motifs is 1. The quantitative estimate of drug-likeness (QED) is 0.748. The number of H-pyrrole nitrogens is 1. The highest BCUT2D eigenvalue weighted by atomic mass is 16.1. The average molecular weight is 306 g/mol. The summed E-state index contributed by atoms with van der Waals surface area (Å²) in [4.78, 5) is 14.8. The van der Waals surface area contributed by atoms with E-state index in [1.807, 2.05) is 6.07 Å². The fourth-order valence-corrected chi connectivity index (χ4v) is 3.27. The molecule has 0 aliphatic heterocycles. The van der Waals surface area contributed by atoms with Crippen LogP contribution in [0.15, 0.2) is 42.5 Å². The van der Waals surface area contributed by atoms with Crippen molar-refractivity contribution < 1.29 is 4.79 Å². The van der Waals surface area contributed by atoms with Crippen LogP contribution in [0, 0.1) is 13.8 Å². The van der Waals surface area contributed by atoms with Gasteiger partial charge in [0.15, 0.2) is 0 Å². The molecule has 1 aromatic heterocycles. The maximum Gasteiger partial charge on any atom is 0.216 e. The molecule has 2 N–H and O–H groups in total. The van der Waals surface area contributed by atoms with E-state index in [0.29, 0.717) is 6.54 Å². The Kier molecular flexibility index (Phi) is 4.20. The second-order valence-electron chi connectivity index (χ2n) is 6.08. The molecule has 0 radical (unpaired) electrons. The minimum absolute atomic E-state index is 0.0127. The van der Waals surface area contributed by atoms with Gasteiger partial charge in [0.25, 0.3) is 0 Å². The second-order valence-corrected chi connectivity index (χ2v) is 6.08. The third kappa shape index (κ3) is 3.14. The van der Waals surface area contributed by atoms with Gasteiger partial charge in [0.05, 0.1) is 0 Å². The van der Waals surface area contributed by atoms with Crippen molar-refractivity contribution >= 4 is 16.8 Å². The summed E-state index contributed by atoms with van der Waals surface area (Å²) in [6.07, 6.45) is 0.813. The number of aromatic nitrogens is 1. The van der Waals surface area contributed by atoms with Crippen LogP contribution in [0.1, 0.15) is 23.6 Å². The zero-order valence-corrected chi connectivity index (χ0v) is 13.9. The fraction of sp³-hybridized carbons (Fsp3) is 0.250. The van der Waals surface area contributed by atoms with Gasteiger partial charge < -0.3 is 10.3 Å². The van der Waals surface area contributed by atoms with Crippen LogP contribution in [-0.4, -0.2) is 17.4 Å². The third-order valence-corrected chi connectivity index (χ3v) is 4.15. The highest BCUT2D eigenvalue weighted by molar-refractivity contribution is 5.93. The van der Waals surface area contributed by atoms with Gasteiger partial charge in [-0.15, -0.1) is 0 Å². The lowest BCUT2D eigenvalue weighted by Crippen LogP contribution is -2.22. The van der Waals surface area contributed by atoms with Crippen molar-refractivity contribution in [1.29, 1.82) is 0 Å². The number of aryl methyl sites for hydroxylation is 2. The Balaban J connectivity index is 2.14. The van der Waals surface area contributed by atoms with Crippen LogP contribution < -0.4 is 5.32 Å². The van der Waals surface area contributed by atoms with E-state index in [2.05, 4.69) is 60.5 Å². The largest absolute Gasteiger partial charge is 0.356 e. The van der Waals surface area contributed by atoms with E-state index in [-0.39, 0.29) is 5.91 Å². The zero-order valence-electron chi connectivity index (χ0n) is 13.9. The molecule has 1 amide bonds. The molecule has 3 aromatic rings. The molecule has 0 aliphatic rings. The molecule has 0 saturated heterocycles. The summed E-state index contributed by atoms with van der Waals surface area (Å²) in [5.74, 6) is 0.0127. The van der Waals surface area contributed by atoms with E-state index in [0.717, 1.165) is 12.1 Å². The van der Waals surface area contributed by atoms with Crippen LogP contribution in [0.5, 0.6) is 0 Å². The Bertz CT molecular complexity index is 847. The smallest absolute Gasteiger partial charge is 0.216 e. The molecule has 0 unspecified atom stereocenters. The number of amides is 1. The molecule has 0 saturated carbocycles. The number of rotatable bonds is 4. The number of carbonyl (C=O) groups is 1. The van der Waals surface area contributed by atoms with E-state index in [9.17, 15) is 4.79 Å². The van der Waals surface area contributed by atoms with Gasteiger partial charge >= 0.3 is 0 Å². The maximum atomic E-state index is 11.2. The normalized spacial score (nSPS) is 10.9. The summed E-state index contributed by atoms with van der Waals surface area (Å²) in [5, 5.41) is 4.18. The third-order valence-electron chi connectivity index (χ3n) is 4.15. The van der Waals surface area contributed by atoms with Crippen molar-refractivity contribution in [2.24, 2.45) is 0 Å². The van der Waals surface area contributed by atoms with Gasteiger partial charge in [-0.3, -0.25) is 4.79 Å². The van der Waals surface area contributed by atoms with Crippen molar-refractivity contribution in [3.05, 3.63) is 59.2 Å². The minimum Gasteiger partial charge on any atom is -0.356 e. The molecular formula is C20H22N2O. The molecule has 0 bridgehead atoms. The summed E-state index contributed by atoms with van der Waals surface area (Å²) in [6, 6.07) is 14.8. The SMILES string of the molecule is CC(=O)NCCc1c(-c2ccccc2)[nH]c2cc(C)cc(C)c12. The molecular weight excluding hydrogens is 284 g/mol. The first-order valence-corrected chi connectivity index (χ1v) is 7.98. The summed E-state index contributed by atoms with van der Waals surface area (Å²) < 4.78 is 0. The number of hydrogen-bond donors (Lipinski definition) is 2. The Labute approximate surface area is 136 Å². The highest BCUT2D eigenvalue weighted by Gasteiger charge is 2.15. The molecule has 118 valence electrons. The van der Waals surface area contributed by atoms with Crippen LogP contribution in [0.3, 0.4) is 0 Å². The van der Waals surface area contributed by atoms with Gasteiger partial charge in [-0.25, -0.2) is 0 Å². The van der Waals surface area contributed by atoms with Gasteiger partial charge in [0, 0.05) is 30.1 Å². The predicted octanol–water partition coefficient (Wildman–Crippen LogP) is 4.13.